The molecule has 0 saturated carbocycles. The van der Waals surface area contributed by atoms with Crippen molar-refractivity contribution in [2.45, 2.75) is 59.8 Å². The van der Waals surface area contributed by atoms with Crippen LogP contribution >= 0.6 is 0 Å². The third kappa shape index (κ3) is 12.8. The minimum absolute atomic E-state index is 0.885. The maximum atomic E-state index is 2.42. The first kappa shape index (κ1) is 69.7. The fraction of sp³-hybridized carbons (Fsp3) is 0.0811. The molecule has 0 saturated heterocycles. The Kier molecular flexibility index (Phi) is 17.4. The maximum absolute atomic E-state index is 2.42. The van der Waals surface area contributed by atoms with Gasteiger partial charge in [0.1, 0.15) is 0 Å². The van der Waals surface area contributed by atoms with Crippen LogP contribution in [-0.2, 0) is 32.1 Å². The molecule has 5 heteroatoms. The molecule has 0 fully saturated rings. The summed E-state index contributed by atoms with van der Waals surface area (Å²) in [6.45, 7) is 8.66. The van der Waals surface area contributed by atoms with Crippen LogP contribution in [0.15, 0.2) is 382 Å². The molecule has 17 aromatic carbocycles. The predicted molar refractivity (Wildman–Crippen MR) is 486 cm³/mol. The first-order valence-corrected chi connectivity index (χ1v) is 40.7. The standard InChI is InChI=1S/C58H45N3.C53H40N2/c1-40-18-22-49(23-19-40)59(46-12-6-3-7-13-46)51-26-30-55-42(36-51)34-44-38-53(28-32-57(44)55)61(48-16-10-5-11-17-48)54-29-33-58-45(39-54)35-43-37-52(27-31-56(43)58)60(47-14-8-4-9-15-47)50-24-20-41(2)21-25-50;1-34-13-19-48-36(25-34)27-38-30-44(15-21-50(38)48)54(42-9-5-3-6-10-42)46-17-23-52-40(32-46)29-41-33-47(18-24-53(41)52)55(43-11-7-4-8-12-43)45-16-22-51-39(31-45)28-37-26-35(2)14-20-49(37)51/h3-33,36-39H,34-35H2,1-2H3;3-26,30-33H,27-29H2,1-2H3. The van der Waals surface area contributed by atoms with E-state index in [0.29, 0.717) is 0 Å². The monoisotopic (exact) mass is 1490 g/mol. The number of aryl methyl sites for hydroxylation is 4. The zero-order valence-electron chi connectivity index (χ0n) is 65.6. The van der Waals surface area contributed by atoms with Crippen molar-refractivity contribution in [1.29, 1.82) is 0 Å². The molecule has 5 aliphatic rings. The zero-order valence-corrected chi connectivity index (χ0v) is 65.6. The molecule has 5 aliphatic carbocycles. The van der Waals surface area contributed by atoms with Crippen LogP contribution in [0, 0.1) is 27.7 Å². The van der Waals surface area contributed by atoms with Crippen LogP contribution in [-0.4, -0.2) is 0 Å². The largest absolute Gasteiger partial charge is 0.310 e. The highest BCUT2D eigenvalue weighted by Gasteiger charge is 2.30. The van der Waals surface area contributed by atoms with E-state index >= 15 is 0 Å². The van der Waals surface area contributed by atoms with Gasteiger partial charge in [-0.15, -0.1) is 0 Å². The second kappa shape index (κ2) is 29.0. The van der Waals surface area contributed by atoms with Gasteiger partial charge in [0.25, 0.3) is 0 Å². The van der Waals surface area contributed by atoms with Gasteiger partial charge in [0.05, 0.1) is 0 Å². The first-order chi connectivity index (χ1) is 57.1. The summed E-state index contributed by atoms with van der Waals surface area (Å²) >= 11 is 0. The molecule has 0 N–H and O–H groups in total. The maximum Gasteiger partial charge on any atom is 0.0464 e. The van der Waals surface area contributed by atoms with E-state index in [2.05, 4.69) is 434 Å². The second-order valence-electron chi connectivity index (χ2n) is 32.0. The van der Waals surface area contributed by atoms with Crippen LogP contribution in [0.3, 0.4) is 0 Å². The highest BCUT2D eigenvalue weighted by molar-refractivity contribution is 5.93. The first-order valence-electron chi connectivity index (χ1n) is 40.7. The van der Waals surface area contributed by atoms with Gasteiger partial charge in [-0.3, -0.25) is 0 Å². The number of para-hydroxylation sites is 5. The molecule has 0 atom stereocenters. The Labute approximate surface area is 680 Å². The molecule has 0 heterocycles. The van der Waals surface area contributed by atoms with Crippen LogP contribution in [0.4, 0.5) is 85.3 Å². The van der Waals surface area contributed by atoms with Crippen molar-refractivity contribution >= 4 is 85.3 Å². The van der Waals surface area contributed by atoms with E-state index in [0.717, 1.165) is 83.3 Å². The number of rotatable bonds is 15. The predicted octanol–water partition coefficient (Wildman–Crippen LogP) is 29.8. The van der Waals surface area contributed by atoms with Gasteiger partial charge in [0.15, 0.2) is 0 Å². The molecule has 554 valence electrons. The molecule has 0 spiro atoms. The number of fused-ring (bicyclic) bond motifs is 15. The summed E-state index contributed by atoms with van der Waals surface area (Å²) in [5.41, 5.74) is 49.8. The molecule has 5 nitrogen and oxygen atoms in total. The molecule has 0 bridgehead atoms. The van der Waals surface area contributed by atoms with Gasteiger partial charge in [-0.1, -0.05) is 222 Å². The van der Waals surface area contributed by atoms with E-state index in [9.17, 15) is 0 Å². The summed E-state index contributed by atoms with van der Waals surface area (Å²) < 4.78 is 0. The van der Waals surface area contributed by atoms with Gasteiger partial charge >= 0.3 is 0 Å². The van der Waals surface area contributed by atoms with Gasteiger partial charge in [-0.2, -0.15) is 0 Å². The van der Waals surface area contributed by atoms with Gasteiger partial charge in [-0.05, 0) is 353 Å². The molecule has 0 amide bonds. The lowest BCUT2D eigenvalue weighted by atomic mass is 10.0. The fourth-order valence-electron chi connectivity index (χ4n) is 18.8. The lowest BCUT2D eigenvalue weighted by molar-refractivity contribution is 1.20. The normalized spacial score (nSPS) is 12.3. The molecule has 17 aromatic rings. The van der Waals surface area contributed by atoms with Crippen molar-refractivity contribution < 1.29 is 0 Å². The Balaban J connectivity index is 0.000000146. The van der Waals surface area contributed by atoms with Crippen molar-refractivity contribution in [3.05, 3.63) is 460 Å². The van der Waals surface area contributed by atoms with E-state index in [1.54, 1.807) is 0 Å². The van der Waals surface area contributed by atoms with Crippen LogP contribution < -0.4 is 24.5 Å². The minimum atomic E-state index is 0.885. The molecule has 116 heavy (non-hydrogen) atoms. The molecule has 22 rings (SSSR count). The number of benzene rings is 17. The summed E-state index contributed by atoms with van der Waals surface area (Å²) in [5, 5.41) is 0. The van der Waals surface area contributed by atoms with Crippen molar-refractivity contribution in [3.63, 3.8) is 0 Å². The van der Waals surface area contributed by atoms with E-state index in [4.69, 9.17) is 0 Å². The topological polar surface area (TPSA) is 16.2 Å². The number of nitrogens with zero attached hydrogens (tertiary/aromatic N) is 5. The highest BCUT2D eigenvalue weighted by atomic mass is 15.2. The summed E-state index contributed by atoms with van der Waals surface area (Å²) in [6.07, 6.45) is 4.62. The lowest BCUT2D eigenvalue weighted by Crippen LogP contribution is -2.10. The van der Waals surface area contributed by atoms with Crippen LogP contribution in [0.2, 0.25) is 0 Å². The van der Waals surface area contributed by atoms with Crippen LogP contribution in [0.1, 0.15) is 77.9 Å². The Morgan fingerprint density at radius 2 is 0.267 bits per heavy atom. The third-order valence-corrected chi connectivity index (χ3v) is 24.3. The summed E-state index contributed by atoms with van der Waals surface area (Å²) in [7, 11) is 0. The van der Waals surface area contributed by atoms with E-state index < -0.39 is 0 Å². The molecule has 0 aliphatic heterocycles. The third-order valence-electron chi connectivity index (χ3n) is 24.3. The van der Waals surface area contributed by atoms with E-state index in [1.807, 2.05) is 0 Å². The summed E-state index contributed by atoms with van der Waals surface area (Å²) in [6, 6.07) is 141. The van der Waals surface area contributed by atoms with Gasteiger partial charge < -0.3 is 24.5 Å². The van der Waals surface area contributed by atoms with Gasteiger partial charge in [0.2, 0.25) is 0 Å². The Morgan fingerprint density at radius 1 is 0.129 bits per heavy atom. The van der Waals surface area contributed by atoms with Gasteiger partial charge in [0, 0.05) is 85.3 Å². The van der Waals surface area contributed by atoms with Crippen LogP contribution in [0.25, 0.3) is 55.6 Å². The van der Waals surface area contributed by atoms with Crippen molar-refractivity contribution in [3.8, 4) is 55.6 Å². The molecule has 0 unspecified atom stereocenters. The van der Waals surface area contributed by atoms with E-state index in [1.165, 1.54) is 168 Å². The molecular weight excluding hydrogens is 1400 g/mol. The number of anilines is 15. The summed E-state index contributed by atoms with van der Waals surface area (Å²) in [4.78, 5) is 12.0. The van der Waals surface area contributed by atoms with Gasteiger partial charge in [-0.25, -0.2) is 0 Å². The van der Waals surface area contributed by atoms with Crippen LogP contribution in [0.5, 0.6) is 0 Å². The molecule has 0 radical (unpaired) electrons. The molecular formula is C111H85N5. The Bertz CT molecular complexity index is 6270. The number of hydrogen-bond donors (Lipinski definition) is 0. The SMILES string of the molecule is Cc1ccc(N(c2ccccc2)c2ccc3c(c2)Cc2cc(N(c4ccccc4)c4ccc5c(c4)Cc4cc(N(c6ccccc6)c6ccc(C)cc6)ccc4-5)ccc2-3)cc1.Cc1ccc2c(c1)Cc1cc(N(c3ccccc3)c3ccc4c(c3)Cc3cc(N(c5ccccc5)c5ccc6c(c5)Cc5cc(C)ccc5-6)ccc3-4)ccc1-2. The molecule has 0 aromatic heterocycles. The highest BCUT2D eigenvalue weighted by Crippen LogP contribution is 2.52. The lowest BCUT2D eigenvalue weighted by Gasteiger charge is -2.27. The fourth-order valence-corrected chi connectivity index (χ4v) is 18.8. The Hall–Kier alpha value is -14.3. The van der Waals surface area contributed by atoms with Crippen molar-refractivity contribution in [1.82, 2.24) is 0 Å². The smallest absolute Gasteiger partial charge is 0.0464 e. The average Bonchev–Trinajstić information content (AvgIpc) is 1.61. The summed E-state index contributed by atoms with van der Waals surface area (Å²) in [5.74, 6) is 0. The van der Waals surface area contributed by atoms with E-state index in [-0.39, 0.29) is 0 Å². The van der Waals surface area contributed by atoms with Crippen molar-refractivity contribution in [2.24, 2.45) is 0 Å². The minimum Gasteiger partial charge on any atom is -0.310 e. The number of hydrogen-bond acceptors (Lipinski definition) is 5. The Morgan fingerprint density at radius 3 is 0.457 bits per heavy atom. The van der Waals surface area contributed by atoms with Crippen molar-refractivity contribution in [2.75, 3.05) is 24.5 Å². The average molecular weight is 1490 g/mol. The zero-order chi connectivity index (χ0) is 77.5. The second-order valence-corrected chi connectivity index (χ2v) is 32.0. The quantitative estimate of drug-likeness (QED) is 0.101.